The molecule has 0 radical (unpaired) electrons. The van der Waals surface area contributed by atoms with E-state index in [1.807, 2.05) is 0 Å². The van der Waals surface area contributed by atoms with Gasteiger partial charge in [0, 0.05) is 0 Å². The van der Waals surface area contributed by atoms with Gasteiger partial charge in [-0.15, -0.1) is 0 Å². The van der Waals surface area contributed by atoms with Crippen LogP contribution in [0.25, 0.3) is 0 Å². The van der Waals surface area contributed by atoms with E-state index in [-0.39, 0.29) is 23.4 Å². The lowest BCUT2D eigenvalue weighted by Crippen LogP contribution is -2.16. The average molecular weight is 255 g/mol. The van der Waals surface area contributed by atoms with Gasteiger partial charge in [-0.3, -0.25) is 10.7 Å². The van der Waals surface area contributed by atoms with Crippen LogP contribution in [0.15, 0.2) is 24.8 Å². The average Bonchev–Trinajstić information content (AvgIpc) is 2.26. The zero-order valence-corrected chi connectivity index (χ0v) is 9.62. The zero-order valence-electron chi connectivity index (χ0n) is 8.87. The number of amidine groups is 1. The highest BCUT2D eigenvalue weighted by Crippen LogP contribution is 2.15. The number of carbonyl (C=O) groups is 1. The molecule has 4 N–H and O–H groups in total. The molecular formula is C10H11ClN4O2. The van der Waals surface area contributed by atoms with Crippen LogP contribution < -0.4 is 11.1 Å². The number of hydrogen-bond acceptors (Lipinski definition) is 4. The Balaban J connectivity index is 2.74. The van der Waals surface area contributed by atoms with Crippen molar-refractivity contribution in [1.82, 2.24) is 4.98 Å². The fraction of sp³-hybridized carbons (Fsp3) is 0.100. The van der Waals surface area contributed by atoms with Gasteiger partial charge in [0.05, 0.1) is 5.56 Å². The van der Waals surface area contributed by atoms with E-state index in [9.17, 15) is 4.79 Å². The largest absolute Gasteiger partial charge is 0.445 e. The van der Waals surface area contributed by atoms with Gasteiger partial charge in [0.2, 0.25) is 0 Å². The Labute approximate surface area is 103 Å². The second kappa shape index (κ2) is 5.86. The first-order chi connectivity index (χ1) is 8.04. The number of carbonyl (C=O) groups excluding carboxylic acids is 1. The highest BCUT2D eigenvalue weighted by Gasteiger charge is 2.08. The molecule has 6 nitrogen and oxygen atoms in total. The lowest BCUT2D eigenvalue weighted by atomic mass is 10.2. The van der Waals surface area contributed by atoms with E-state index in [4.69, 9.17) is 27.5 Å². The number of hydrogen-bond donors (Lipinski definition) is 3. The molecule has 0 fully saturated rings. The van der Waals surface area contributed by atoms with Gasteiger partial charge in [-0.1, -0.05) is 24.3 Å². The molecular weight excluding hydrogens is 244 g/mol. The molecule has 0 bridgehead atoms. The smallest absolute Gasteiger partial charge is 0.413 e. The van der Waals surface area contributed by atoms with Gasteiger partial charge in [0.25, 0.3) is 0 Å². The number of nitrogen functional groups attached to an aromatic ring is 1. The normalized spacial score (nSPS) is 9.47. The van der Waals surface area contributed by atoms with Crippen LogP contribution in [0.1, 0.15) is 5.56 Å². The van der Waals surface area contributed by atoms with Crippen LogP contribution in [-0.2, 0) is 4.74 Å². The van der Waals surface area contributed by atoms with Crippen molar-refractivity contribution in [3.8, 4) is 0 Å². The van der Waals surface area contributed by atoms with Gasteiger partial charge < -0.3 is 10.5 Å². The number of halogens is 1. The molecule has 0 saturated carbocycles. The minimum Gasteiger partial charge on any atom is -0.445 e. The number of nitrogens with zero attached hydrogens (tertiary/aromatic N) is 1. The van der Waals surface area contributed by atoms with Crippen LogP contribution >= 0.6 is 11.6 Å². The molecule has 0 atom stereocenters. The Morgan fingerprint density at radius 3 is 2.94 bits per heavy atom. The van der Waals surface area contributed by atoms with Crippen LogP contribution in [-0.4, -0.2) is 23.5 Å². The van der Waals surface area contributed by atoms with Gasteiger partial charge in [-0.05, 0) is 12.1 Å². The van der Waals surface area contributed by atoms with E-state index < -0.39 is 6.09 Å². The number of rotatable bonds is 4. The molecule has 7 heteroatoms. The summed E-state index contributed by atoms with van der Waals surface area (Å²) in [5.74, 6) is 0.0253. The lowest BCUT2D eigenvalue weighted by Gasteiger charge is -2.06. The predicted molar refractivity (Wildman–Crippen MR) is 65.4 cm³/mol. The molecule has 0 aliphatic carbocycles. The topological polar surface area (TPSA) is 101 Å². The van der Waals surface area contributed by atoms with Crippen molar-refractivity contribution >= 4 is 29.3 Å². The summed E-state index contributed by atoms with van der Waals surface area (Å²) >= 11 is 5.77. The summed E-state index contributed by atoms with van der Waals surface area (Å²) in [7, 11) is 0. The molecule has 0 aliphatic rings. The summed E-state index contributed by atoms with van der Waals surface area (Å²) < 4.78 is 4.69. The molecule has 0 spiro atoms. The Morgan fingerprint density at radius 2 is 2.41 bits per heavy atom. The first kappa shape index (κ1) is 13.0. The van der Waals surface area contributed by atoms with Gasteiger partial charge in [-0.2, -0.15) is 0 Å². The Bertz CT molecular complexity index is 462. The number of amides is 1. The predicted octanol–water partition coefficient (Wildman–Crippen LogP) is 1.75. The minimum atomic E-state index is -0.663. The third kappa shape index (κ3) is 3.76. The van der Waals surface area contributed by atoms with Crippen LogP contribution in [0, 0.1) is 5.41 Å². The van der Waals surface area contributed by atoms with Crippen LogP contribution in [0.3, 0.4) is 0 Å². The van der Waals surface area contributed by atoms with Crippen molar-refractivity contribution in [1.29, 1.82) is 5.41 Å². The molecule has 0 aromatic carbocycles. The monoisotopic (exact) mass is 254 g/mol. The molecule has 1 amide bonds. The van der Waals surface area contributed by atoms with Gasteiger partial charge in [0.1, 0.15) is 23.4 Å². The van der Waals surface area contributed by atoms with Gasteiger partial charge >= 0.3 is 6.09 Å². The summed E-state index contributed by atoms with van der Waals surface area (Å²) in [4.78, 5) is 15.0. The number of anilines is 1. The Hall–Kier alpha value is -2.08. The fourth-order valence-electron chi connectivity index (χ4n) is 0.980. The highest BCUT2D eigenvalue weighted by molar-refractivity contribution is 6.32. The molecule has 1 rings (SSSR count). The van der Waals surface area contributed by atoms with Crippen molar-refractivity contribution in [3.05, 3.63) is 35.5 Å². The third-order valence-corrected chi connectivity index (χ3v) is 1.99. The SMILES string of the molecule is C=CCOC(=O)Nc1ccc(C(=N)N)c(Cl)n1. The molecule has 0 saturated heterocycles. The van der Waals surface area contributed by atoms with Gasteiger partial charge in [0.15, 0.2) is 0 Å². The first-order valence-electron chi connectivity index (χ1n) is 4.60. The molecule has 1 aromatic heterocycles. The Kier molecular flexibility index (Phi) is 4.47. The maximum Gasteiger partial charge on any atom is 0.413 e. The minimum absolute atomic E-state index is 0.0408. The number of pyridine rings is 1. The van der Waals surface area contributed by atoms with E-state index in [1.54, 1.807) is 0 Å². The fourth-order valence-corrected chi connectivity index (χ4v) is 1.24. The van der Waals surface area contributed by atoms with Crippen LogP contribution in [0.2, 0.25) is 5.15 Å². The van der Waals surface area contributed by atoms with Crippen molar-refractivity contribution in [3.63, 3.8) is 0 Å². The summed E-state index contributed by atoms with van der Waals surface area (Å²) in [6, 6.07) is 2.96. The quantitative estimate of drug-likeness (QED) is 0.330. The molecule has 17 heavy (non-hydrogen) atoms. The lowest BCUT2D eigenvalue weighted by molar-refractivity contribution is 0.174. The number of ether oxygens (including phenoxy) is 1. The standard InChI is InChI=1S/C10H11ClN4O2/c1-2-5-17-10(16)15-7-4-3-6(9(12)13)8(11)14-7/h2-4H,1,5H2,(H3,12,13)(H,14,15,16). The second-order valence-corrected chi connectivity index (χ2v) is 3.32. The summed E-state index contributed by atoms with van der Waals surface area (Å²) in [6.45, 7) is 3.51. The van der Waals surface area contributed by atoms with Crippen molar-refractivity contribution in [2.75, 3.05) is 11.9 Å². The third-order valence-electron chi connectivity index (χ3n) is 1.70. The van der Waals surface area contributed by atoms with Crippen molar-refractivity contribution in [2.24, 2.45) is 5.73 Å². The molecule has 1 heterocycles. The highest BCUT2D eigenvalue weighted by atomic mass is 35.5. The van der Waals surface area contributed by atoms with E-state index in [0.29, 0.717) is 5.56 Å². The first-order valence-corrected chi connectivity index (χ1v) is 4.98. The number of nitrogens with one attached hydrogen (secondary N) is 2. The van der Waals surface area contributed by atoms with Gasteiger partial charge in [-0.25, -0.2) is 9.78 Å². The van der Waals surface area contributed by atoms with Crippen molar-refractivity contribution < 1.29 is 9.53 Å². The maximum atomic E-state index is 11.2. The summed E-state index contributed by atoms with van der Waals surface area (Å²) in [6.07, 6.45) is 0.780. The summed E-state index contributed by atoms with van der Waals surface area (Å²) in [5, 5.41) is 9.62. The molecule has 90 valence electrons. The van der Waals surface area contributed by atoms with E-state index >= 15 is 0 Å². The summed E-state index contributed by atoms with van der Waals surface area (Å²) in [5.41, 5.74) is 5.57. The zero-order chi connectivity index (χ0) is 12.8. The molecule has 1 aromatic rings. The van der Waals surface area contributed by atoms with E-state index in [2.05, 4.69) is 16.9 Å². The maximum absolute atomic E-state index is 11.2. The van der Waals surface area contributed by atoms with Crippen molar-refractivity contribution in [2.45, 2.75) is 0 Å². The Morgan fingerprint density at radius 1 is 1.71 bits per heavy atom. The molecule has 0 aliphatic heterocycles. The number of nitrogens with two attached hydrogens (primary N) is 1. The number of aromatic nitrogens is 1. The van der Waals surface area contributed by atoms with E-state index in [1.165, 1.54) is 18.2 Å². The van der Waals surface area contributed by atoms with Crippen LogP contribution in [0.5, 0.6) is 0 Å². The molecule has 0 unspecified atom stereocenters. The van der Waals surface area contributed by atoms with E-state index in [0.717, 1.165) is 0 Å². The van der Waals surface area contributed by atoms with Crippen LogP contribution in [0.4, 0.5) is 10.6 Å². The second-order valence-electron chi connectivity index (χ2n) is 2.96.